The zero-order valence-corrected chi connectivity index (χ0v) is 10.2. The van der Waals surface area contributed by atoms with Gasteiger partial charge in [-0.3, -0.25) is 0 Å². The topological polar surface area (TPSA) is 49.7 Å². The molecule has 0 saturated carbocycles. The lowest BCUT2D eigenvalue weighted by Gasteiger charge is -2.32. The molecule has 0 aliphatic rings. The summed E-state index contributed by atoms with van der Waals surface area (Å²) < 4.78 is 5.25. The molecule has 0 heterocycles. The van der Waals surface area contributed by atoms with E-state index in [0.717, 1.165) is 19.3 Å². The van der Waals surface area contributed by atoms with Gasteiger partial charge in [0, 0.05) is 0 Å². The van der Waals surface area contributed by atoms with Gasteiger partial charge in [-0.15, -0.1) is 13.2 Å². The van der Waals surface area contributed by atoms with Gasteiger partial charge in [0.2, 0.25) is 0 Å². The average Bonchev–Trinajstić information content (AvgIpc) is 2.14. The first-order chi connectivity index (χ1) is 7.10. The van der Waals surface area contributed by atoms with Crippen molar-refractivity contribution >= 4 is 8.60 Å². The molecule has 88 valence electrons. The molecule has 0 aromatic heterocycles. The first kappa shape index (κ1) is 14.8. The van der Waals surface area contributed by atoms with E-state index < -0.39 is 14.2 Å². The fourth-order valence-electron chi connectivity index (χ4n) is 1.61. The minimum atomic E-state index is -2.32. The average molecular weight is 232 g/mol. The standard InChI is InChI=1S/C11H21O3P/c1-4-7-10-11(8-5-2,9-6-3)14-15(12)13/h5-6,12-13H,2-4,7-10H2,1H3. The molecule has 0 rings (SSSR count). The lowest BCUT2D eigenvalue weighted by molar-refractivity contribution is 0.0489. The predicted molar refractivity (Wildman–Crippen MR) is 64.3 cm³/mol. The van der Waals surface area contributed by atoms with Crippen LogP contribution in [0.1, 0.15) is 39.0 Å². The Hall–Kier alpha value is -0.210. The highest BCUT2D eigenvalue weighted by molar-refractivity contribution is 7.39. The SMILES string of the molecule is C=CCC(CC=C)(CCCC)OP(O)O. The fraction of sp³-hybridized carbons (Fsp3) is 0.636. The predicted octanol–water partition coefficient (Wildman–Crippen LogP) is 3.30. The molecule has 0 amide bonds. The summed E-state index contributed by atoms with van der Waals surface area (Å²) in [7, 11) is -2.32. The van der Waals surface area contributed by atoms with Gasteiger partial charge >= 0.3 is 8.60 Å². The number of unbranched alkanes of at least 4 members (excludes halogenated alkanes) is 1. The molecule has 0 aliphatic heterocycles. The monoisotopic (exact) mass is 232 g/mol. The van der Waals surface area contributed by atoms with E-state index in [-0.39, 0.29) is 0 Å². The summed E-state index contributed by atoms with van der Waals surface area (Å²) in [5, 5.41) is 0. The van der Waals surface area contributed by atoms with Crippen LogP contribution >= 0.6 is 8.60 Å². The first-order valence-corrected chi connectivity index (χ1v) is 6.35. The normalized spacial score (nSPS) is 11.7. The van der Waals surface area contributed by atoms with Crippen molar-refractivity contribution in [2.75, 3.05) is 0 Å². The van der Waals surface area contributed by atoms with Crippen molar-refractivity contribution in [3.63, 3.8) is 0 Å². The number of hydrogen-bond acceptors (Lipinski definition) is 3. The molecule has 0 atom stereocenters. The molecule has 2 N–H and O–H groups in total. The van der Waals surface area contributed by atoms with Crippen LogP contribution in [0.25, 0.3) is 0 Å². The quantitative estimate of drug-likeness (QED) is 0.473. The highest BCUT2D eigenvalue weighted by Crippen LogP contribution is 2.40. The Labute approximate surface area is 93.5 Å². The van der Waals surface area contributed by atoms with Crippen molar-refractivity contribution in [2.24, 2.45) is 0 Å². The Kier molecular flexibility index (Phi) is 7.89. The molecule has 3 nitrogen and oxygen atoms in total. The third-order valence-corrected chi connectivity index (χ3v) is 2.84. The van der Waals surface area contributed by atoms with E-state index in [1.54, 1.807) is 12.2 Å². The lowest BCUT2D eigenvalue weighted by atomic mass is 9.90. The van der Waals surface area contributed by atoms with Gasteiger partial charge in [-0.05, 0) is 19.3 Å². The van der Waals surface area contributed by atoms with Gasteiger partial charge in [-0.1, -0.05) is 31.9 Å². The van der Waals surface area contributed by atoms with Crippen LogP contribution in [-0.4, -0.2) is 15.4 Å². The van der Waals surface area contributed by atoms with Gasteiger partial charge in [0.25, 0.3) is 0 Å². The lowest BCUT2D eigenvalue weighted by Crippen LogP contribution is -2.29. The summed E-state index contributed by atoms with van der Waals surface area (Å²) in [5.74, 6) is 0. The molecular weight excluding hydrogens is 211 g/mol. The minimum Gasteiger partial charge on any atom is -0.328 e. The Balaban J connectivity index is 4.53. The van der Waals surface area contributed by atoms with E-state index in [1.807, 2.05) is 0 Å². The zero-order chi connectivity index (χ0) is 11.7. The van der Waals surface area contributed by atoms with Crippen LogP contribution in [0.5, 0.6) is 0 Å². The summed E-state index contributed by atoms with van der Waals surface area (Å²) >= 11 is 0. The summed E-state index contributed by atoms with van der Waals surface area (Å²) in [5.41, 5.74) is -0.533. The van der Waals surface area contributed by atoms with E-state index in [1.165, 1.54) is 0 Å². The van der Waals surface area contributed by atoms with Crippen LogP contribution < -0.4 is 0 Å². The van der Waals surface area contributed by atoms with Gasteiger partial charge in [-0.25, -0.2) is 0 Å². The van der Waals surface area contributed by atoms with Gasteiger partial charge in [0.15, 0.2) is 0 Å². The molecule has 0 bridgehead atoms. The molecule has 0 aromatic carbocycles. The maximum absolute atomic E-state index is 8.97. The number of rotatable bonds is 9. The Bertz CT molecular complexity index is 182. The highest BCUT2D eigenvalue weighted by atomic mass is 31.2. The van der Waals surface area contributed by atoms with Gasteiger partial charge < -0.3 is 14.3 Å². The summed E-state index contributed by atoms with van der Waals surface area (Å²) in [4.78, 5) is 17.9. The van der Waals surface area contributed by atoms with Crippen molar-refractivity contribution < 1.29 is 14.3 Å². The highest BCUT2D eigenvalue weighted by Gasteiger charge is 2.30. The second-order valence-corrected chi connectivity index (χ2v) is 4.30. The maximum Gasteiger partial charge on any atom is 0.327 e. The number of hydrogen-bond donors (Lipinski definition) is 2. The van der Waals surface area contributed by atoms with Crippen molar-refractivity contribution in [3.05, 3.63) is 25.3 Å². The smallest absolute Gasteiger partial charge is 0.327 e. The molecular formula is C11H21O3P. The van der Waals surface area contributed by atoms with Crippen molar-refractivity contribution in [2.45, 2.75) is 44.6 Å². The van der Waals surface area contributed by atoms with Crippen LogP contribution in [-0.2, 0) is 4.52 Å². The van der Waals surface area contributed by atoms with Gasteiger partial charge in [0.05, 0.1) is 5.60 Å². The van der Waals surface area contributed by atoms with Crippen LogP contribution in [0.2, 0.25) is 0 Å². The molecule has 0 aliphatic carbocycles. The van der Waals surface area contributed by atoms with Crippen molar-refractivity contribution in [1.29, 1.82) is 0 Å². The van der Waals surface area contributed by atoms with E-state index in [4.69, 9.17) is 14.3 Å². The van der Waals surface area contributed by atoms with Crippen molar-refractivity contribution in [1.82, 2.24) is 0 Å². The summed E-state index contributed by atoms with van der Waals surface area (Å²) in [6.07, 6.45) is 7.55. The second kappa shape index (κ2) is 8.00. The molecule has 0 spiro atoms. The van der Waals surface area contributed by atoms with E-state index in [2.05, 4.69) is 20.1 Å². The molecule has 4 heteroatoms. The van der Waals surface area contributed by atoms with Crippen LogP contribution in [0, 0.1) is 0 Å². The molecule has 0 saturated heterocycles. The van der Waals surface area contributed by atoms with E-state index >= 15 is 0 Å². The van der Waals surface area contributed by atoms with E-state index in [9.17, 15) is 0 Å². The fourth-order valence-corrected chi connectivity index (χ4v) is 2.19. The molecule has 0 radical (unpaired) electrons. The maximum atomic E-state index is 8.97. The first-order valence-electron chi connectivity index (χ1n) is 5.19. The van der Waals surface area contributed by atoms with E-state index in [0.29, 0.717) is 12.8 Å². The Morgan fingerprint density at radius 3 is 2.13 bits per heavy atom. The molecule has 15 heavy (non-hydrogen) atoms. The van der Waals surface area contributed by atoms with Crippen LogP contribution in [0.3, 0.4) is 0 Å². The molecule has 0 unspecified atom stereocenters. The van der Waals surface area contributed by atoms with Crippen molar-refractivity contribution in [3.8, 4) is 0 Å². The molecule has 0 aromatic rings. The largest absolute Gasteiger partial charge is 0.328 e. The zero-order valence-electron chi connectivity index (χ0n) is 9.35. The Morgan fingerprint density at radius 1 is 1.27 bits per heavy atom. The third kappa shape index (κ3) is 6.06. The van der Waals surface area contributed by atoms with Crippen LogP contribution in [0.4, 0.5) is 0 Å². The summed E-state index contributed by atoms with van der Waals surface area (Å²) in [6, 6.07) is 0. The third-order valence-electron chi connectivity index (χ3n) is 2.29. The second-order valence-electron chi connectivity index (χ2n) is 3.62. The van der Waals surface area contributed by atoms with Crippen LogP contribution in [0.15, 0.2) is 25.3 Å². The Morgan fingerprint density at radius 2 is 1.80 bits per heavy atom. The summed E-state index contributed by atoms with van der Waals surface area (Å²) in [6.45, 7) is 9.44. The molecule has 0 fully saturated rings. The van der Waals surface area contributed by atoms with Gasteiger partial charge in [-0.2, -0.15) is 0 Å². The van der Waals surface area contributed by atoms with Gasteiger partial charge in [0.1, 0.15) is 0 Å². The minimum absolute atomic E-state index is 0.533.